The number of anilines is 12. The Morgan fingerprint density at radius 3 is 1.17 bits per heavy atom. The monoisotopic (exact) mass is 1990 g/mol. The van der Waals surface area contributed by atoms with Crippen LogP contribution < -0.4 is 57.3 Å². The lowest BCUT2D eigenvalue weighted by Crippen LogP contribution is -2.61. The molecule has 12 heterocycles. The molecule has 3 fully saturated rings. The Balaban J connectivity index is 0.552. The fourth-order valence-electron chi connectivity index (χ4n) is 31.7. The lowest BCUT2D eigenvalue weighted by atomic mass is 9.33. The highest BCUT2D eigenvalue weighted by Crippen LogP contribution is 2.68. The topological polar surface area (TPSA) is 39.2 Å². The second-order valence-corrected chi connectivity index (χ2v) is 54.7. The van der Waals surface area contributed by atoms with Gasteiger partial charge in [-0.25, -0.2) is 0 Å². The van der Waals surface area contributed by atoms with Crippen LogP contribution in [0.25, 0.3) is 107 Å². The van der Waals surface area contributed by atoms with E-state index in [0.29, 0.717) is 0 Å². The Labute approximate surface area is 892 Å². The van der Waals surface area contributed by atoms with E-state index in [1.165, 1.54) is 263 Å². The minimum absolute atomic E-state index is 0.00822. The summed E-state index contributed by atoms with van der Waals surface area (Å²) in [4.78, 5) is 14.1. The molecular formula is C138H133B2N7OS2. The molecule has 0 saturated heterocycles. The zero-order valence-electron chi connectivity index (χ0n) is 90.6. The van der Waals surface area contributed by atoms with Gasteiger partial charge in [-0.2, -0.15) is 0 Å². The van der Waals surface area contributed by atoms with E-state index < -0.39 is 0 Å². The Hall–Kier alpha value is -13.3. The fraction of sp³-hybridized carbons (Fsp3) is 0.319. The first-order chi connectivity index (χ1) is 72.0. The predicted molar refractivity (Wildman–Crippen MR) is 644 cm³/mol. The number of furan rings is 1. The second-order valence-electron chi connectivity index (χ2n) is 52.6. The minimum atomic E-state index is -0.263. The van der Waals surface area contributed by atoms with Crippen molar-refractivity contribution in [3.8, 4) is 22.5 Å². The molecule has 8 nitrogen and oxygen atoms in total. The van der Waals surface area contributed by atoms with Gasteiger partial charge in [0.15, 0.2) is 5.58 Å². The Bertz CT molecular complexity index is 9320. The molecule has 150 heavy (non-hydrogen) atoms. The zero-order chi connectivity index (χ0) is 102. The maximum absolute atomic E-state index is 7.24. The maximum Gasteiger partial charge on any atom is 0.252 e. The lowest BCUT2D eigenvalue weighted by molar-refractivity contribution is 0.194. The van der Waals surface area contributed by atoms with Gasteiger partial charge in [-0.15, -0.1) is 22.7 Å². The van der Waals surface area contributed by atoms with E-state index in [9.17, 15) is 0 Å². The van der Waals surface area contributed by atoms with Gasteiger partial charge in [0.2, 0.25) is 0 Å². The maximum atomic E-state index is 7.24. The first-order valence-corrected chi connectivity index (χ1v) is 57.7. The summed E-state index contributed by atoms with van der Waals surface area (Å²) >= 11 is 3.92. The molecule has 15 aromatic carbocycles. The standard InChI is InChI=1S/C138H133B2N7OS2/c1-128(2,3)83-53-60-105(97(72-83)82-38-21-20-22-39-82)141-111-77-88(57-59-102(111)140-104-47-36-45-96-122(104)143(123-93-41-24-27-50-117(93)150-127(96)123)114-80-89(78-112(141)119(114)140)146-107-61-54-84(129(4,5)6)73-98(107)133(14)64-30-33-68-137(133,146)18)145-106-62-55-86(74-99(106)134(15)65-29-32-67-136(134,145)17)131(10,11)70-71-132(12,13)87-56-63-108-100(75-87)135(16)66-31-34-69-138(135,19)147(108)90-79-113-120-115(81-90)144-121-95(126-124(144)94-42-25-28-51-118(94)149-126)44-35-46-103(121)139(120)101-58-52-85(130(7,8)9)76-110(101)142(113)109-48-37-43-92-91-40-23-26-49-116(91)148-125(92)109/h20-28,35-63,72-81H,29-34,64-71H2,1-19H3. The van der Waals surface area contributed by atoms with Crippen LogP contribution in [0.1, 0.15) is 266 Å². The van der Waals surface area contributed by atoms with Crippen molar-refractivity contribution < 1.29 is 4.42 Å². The van der Waals surface area contributed by atoms with Gasteiger partial charge in [-0.1, -0.05) is 343 Å². The number of rotatable bonds is 11. The van der Waals surface area contributed by atoms with Crippen molar-refractivity contribution in [3.05, 3.63) is 336 Å². The molecule has 0 N–H and O–H groups in total. The van der Waals surface area contributed by atoms with E-state index in [1.54, 1.807) is 0 Å². The minimum Gasteiger partial charge on any atom is -0.454 e. The molecule has 10 aliphatic rings. The molecule has 12 heteroatoms. The molecule has 3 aliphatic carbocycles. The second kappa shape index (κ2) is 30.8. The largest absolute Gasteiger partial charge is 0.454 e. The Morgan fingerprint density at radius 1 is 0.287 bits per heavy atom. The van der Waals surface area contributed by atoms with Gasteiger partial charge in [0.1, 0.15) is 5.58 Å². The van der Waals surface area contributed by atoms with E-state index >= 15 is 0 Å². The number of hydrogen-bond acceptors (Lipinski definition) is 8. The quantitative estimate of drug-likeness (QED) is 0.120. The van der Waals surface area contributed by atoms with Gasteiger partial charge in [0.25, 0.3) is 13.4 Å². The molecule has 30 rings (SSSR count). The van der Waals surface area contributed by atoms with E-state index in [2.05, 4.69) is 456 Å². The van der Waals surface area contributed by atoms with Gasteiger partial charge in [-0.3, -0.25) is 0 Å². The van der Waals surface area contributed by atoms with Crippen molar-refractivity contribution in [3.63, 3.8) is 0 Å². The van der Waals surface area contributed by atoms with E-state index in [1.807, 2.05) is 22.7 Å². The third-order valence-corrected chi connectivity index (χ3v) is 43.2. The van der Waals surface area contributed by atoms with Crippen LogP contribution >= 0.6 is 22.7 Å². The Kier molecular flexibility index (Phi) is 18.9. The first-order valence-electron chi connectivity index (χ1n) is 56.1. The van der Waals surface area contributed by atoms with Gasteiger partial charge in [0, 0.05) is 132 Å². The molecular weight excluding hydrogens is 1860 g/mol. The molecule has 0 spiro atoms. The van der Waals surface area contributed by atoms with Crippen LogP contribution in [0, 0.1) is 0 Å². The smallest absolute Gasteiger partial charge is 0.252 e. The summed E-state index contributed by atoms with van der Waals surface area (Å²) in [6.07, 6.45) is 15.9. The van der Waals surface area contributed by atoms with Crippen molar-refractivity contribution in [2.24, 2.45) is 0 Å². The number of nitrogens with zero attached hydrogens (tertiary/aromatic N) is 7. The lowest BCUT2D eigenvalue weighted by Gasteiger charge is -2.51. The van der Waals surface area contributed by atoms with Gasteiger partial charge >= 0.3 is 0 Å². The van der Waals surface area contributed by atoms with Gasteiger partial charge in [0.05, 0.1) is 59.5 Å². The van der Waals surface area contributed by atoms with Crippen LogP contribution in [0.3, 0.4) is 0 Å². The van der Waals surface area contributed by atoms with Crippen LogP contribution in [0.2, 0.25) is 0 Å². The number of fused-ring (bicyclic) bond motifs is 30. The third-order valence-electron chi connectivity index (χ3n) is 40.8. The van der Waals surface area contributed by atoms with Crippen molar-refractivity contribution in [1.29, 1.82) is 0 Å². The number of aromatic nitrogens is 2. The summed E-state index contributed by atoms with van der Waals surface area (Å²) in [7, 11) is 0. The van der Waals surface area contributed by atoms with Gasteiger partial charge in [-0.05, 0) is 279 Å². The number of para-hydroxylation sites is 4. The van der Waals surface area contributed by atoms with Crippen molar-refractivity contribution in [1.82, 2.24) is 9.13 Å². The van der Waals surface area contributed by atoms with Crippen molar-refractivity contribution in [2.75, 3.05) is 24.5 Å². The first kappa shape index (κ1) is 91.7. The SMILES string of the molecule is CC(C)(C)c1ccc(N2c3cc(N4c5ccc(C(C)(C)CCC(C)(C)c6ccc7c(c6)C6(C)CCCCC6(C)N7c6cc7c8c(c6)-n6c9c(cccc9c9sc%10ccccc%10c96)B8c6ccc(C(C)(C)C)cc6N7c6cccc7c6oc6ccccc67)cc5C5(C)CCCCC45C)ccc3B3c4c2cc(N2c5ccc(C(C)(C)C)cc5C5(C)CCCCC25C)cc4-n2c4c3cccc4c3sc4ccccc4c32)c(-c2ccccc2)c1. The van der Waals surface area contributed by atoms with Crippen LogP contribution in [0.4, 0.5) is 68.2 Å². The molecule has 0 bridgehead atoms. The van der Waals surface area contributed by atoms with Crippen LogP contribution in [0.5, 0.6) is 0 Å². The summed E-state index contributed by atoms with van der Waals surface area (Å²) in [5, 5.41) is 7.57. The Morgan fingerprint density at radius 2 is 0.667 bits per heavy atom. The zero-order valence-corrected chi connectivity index (χ0v) is 92.3. The van der Waals surface area contributed by atoms with Crippen molar-refractivity contribution >= 4 is 221 Å². The predicted octanol–water partition coefficient (Wildman–Crippen LogP) is 34.3. The van der Waals surface area contributed by atoms with Crippen molar-refractivity contribution in [2.45, 2.75) is 281 Å². The highest BCUT2D eigenvalue weighted by atomic mass is 32.1. The highest BCUT2D eigenvalue weighted by Gasteiger charge is 2.63. The molecule has 0 amide bonds. The average Bonchev–Trinajstić information content (AvgIpc) is 1.47. The van der Waals surface area contributed by atoms with Crippen LogP contribution in [-0.4, -0.2) is 39.2 Å². The molecule has 6 unspecified atom stereocenters. The molecule has 744 valence electrons. The molecule has 5 aromatic heterocycles. The van der Waals surface area contributed by atoms with Gasteiger partial charge < -0.3 is 38.1 Å². The summed E-state index contributed by atoms with van der Waals surface area (Å²) in [6.45, 7) is 47.6. The molecule has 20 aromatic rings. The summed E-state index contributed by atoms with van der Waals surface area (Å²) in [6, 6.07) is 117. The summed E-state index contributed by atoms with van der Waals surface area (Å²) < 4.78 is 18.1. The number of benzene rings is 15. The molecule has 6 atom stereocenters. The third kappa shape index (κ3) is 12.1. The average molecular weight is 1990 g/mol. The fourth-order valence-corrected chi connectivity index (χ4v) is 34.2. The van der Waals surface area contributed by atoms with E-state index in [4.69, 9.17) is 4.42 Å². The number of hydrogen-bond donors (Lipinski definition) is 0. The van der Waals surface area contributed by atoms with E-state index in [0.717, 1.165) is 79.0 Å². The summed E-state index contributed by atoms with van der Waals surface area (Å²) in [5.41, 5.74) is 45.1. The van der Waals surface area contributed by atoms with Crippen LogP contribution in [0.15, 0.2) is 296 Å². The highest BCUT2D eigenvalue weighted by molar-refractivity contribution is 7.27. The molecule has 0 radical (unpaired) electrons. The summed E-state index contributed by atoms with van der Waals surface area (Å²) in [5.74, 6) is 0. The number of thiophene rings is 2. The van der Waals surface area contributed by atoms with E-state index in [-0.39, 0.29) is 73.4 Å². The van der Waals surface area contributed by atoms with Crippen LogP contribution in [-0.2, 0) is 43.3 Å². The normalized spacial score (nSPS) is 21.9. The molecule has 3 saturated carbocycles. The molecule has 7 aliphatic heterocycles.